The summed E-state index contributed by atoms with van der Waals surface area (Å²) in [6, 6.07) is 5.24. The molecule has 1 unspecified atom stereocenters. The monoisotopic (exact) mass is 352 g/mol. The van der Waals surface area contributed by atoms with Crippen molar-refractivity contribution in [1.29, 1.82) is 0 Å². The molecule has 1 saturated heterocycles. The Balaban J connectivity index is 1.91. The van der Waals surface area contributed by atoms with Gasteiger partial charge in [0.25, 0.3) is 5.89 Å². The van der Waals surface area contributed by atoms with Gasteiger partial charge >= 0.3 is 0 Å². The van der Waals surface area contributed by atoms with E-state index in [1.807, 2.05) is 0 Å². The Bertz CT molecular complexity index is 646. The van der Waals surface area contributed by atoms with Crippen molar-refractivity contribution in [2.75, 3.05) is 33.7 Å². The first kappa shape index (κ1) is 14.5. The van der Waals surface area contributed by atoms with Crippen molar-refractivity contribution in [3.8, 4) is 17.2 Å². The van der Waals surface area contributed by atoms with Crippen LogP contribution >= 0.6 is 15.9 Å². The third kappa shape index (κ3) is 2.95. The number of aromatic nitrogens is 2. The molecule has 1 aromatic heterocycles. The summed E-state index contributed by atoms with van der Waals surface area (Å²) >= 11 is 3.38. The third-order valence-electron chi connectivity index (χ3n) is 3.78. The lowest BCUT2D eigenvalue weighted by atomic mass is 10.1. The summed E-state index contributed by atoms with van der Waals surface area (Å²) in [6.07, 6.45) is 0. The highest BCUT2D eigenvalue weighted by atomic mass is 79.9. The molecule has 7 heteroatoms. The van der Waals surface area contributed by atoms with Crippen LogP contribution in [0.25, 0.3) is 11.5 Å². The topological polar surface area (TPSA) is 65.6 Å². The van der Waals surface area contributed by atoms with Crippen LogP contribution in [0.1, 0.15) is 11.9 Å². The molecule has 0 saturated carbocycles. The van der Waals surface area contributed by atoms with E-state index in [0.717, 1.165) is 24.1 Å². The van der Waals surface area contributed by atoms with E-state index in [-0.39, 0.29) is 11.8 Å². The lowest BCUT2D eigenvalue weighted by molar-refractivity contribution is 0.108. The smallest absolute Gasteiger partial charge is 0.261 e. The van der Waals surface area contributed by atoms with Gasteiger partial charge in [0.1, 0.15) is 5.75 Å². The number of phenolic OH excluding ortho intramolecular Hbond substituents is 1. The highest BCUT2D eigenvalue weighted by Crippen LogP contribution is 2.32. The number of hydrogen-bond donors (Lipinski definition) is 1. The summed E-state index contributed by atoms with van der Waals surface area (Å²) in [6.45, 7) is 2.86. The van der Waals surface area contributed by atoms with Crippen LogP contribution in [0.5, 0.6) is 5.75 Å². The first-order valence-electron chi connectivity index (χ1n) is 6.76. The summed E-state index contributed by atoms with van der Waals surface area (Å²) < 4.78 is 6.19. The second kappa shape index (κ2) is 5.75. The molecule has 112 valence electrons. The number of hydrogen-bond acceptors (Lipinski definition) is 6. The molecule has 1 N–H and O–H groups in total. The average Bonchev–Trinajstić information content (AvgIpc) is 2.93. The quantitative estimate of drug-likeness (QED) is 0.892. The Labute approximate surface area is 131 Å². The van der Waals surface area contributed by atoms with Crippen molar-refractivity contribution < 1.29 is 9.63 Å². The van der Waals surface area contributed by atoms with Gasteiger partial charge in [-0.2, -0.15) is 4.98 Å². The number of phenols is 1. The summed E-state index contributed by atoms with van der Waals surface area (Å²) in [5.41, 5.74) is 0.537. The third-order valence-corrected chi connectivity index (χ3v) is 4.27. The van der Waals surface area contributed by atoms with Gasteiger partial charge in [-0.05, 0) is 32.3 Å². The molecule has 0 aliphatic carbocycles. The molecule has 1 fully saturated rings. The lowest BCUT2D eigenvalue weighted by Crippen LogP contribution is -2.45. The molecule has 1 aliphatic rings. The Kier molecular flexibility index (Phi) is 3.97. The van der Waals surface area contributed by atoms with Crippen molar-refractivity contribution in [1.82, 2.24) is 19.9 Å². The number of rotatable bonds is 2. The molecule has 0 bridgehead atoms. The second-order valence-corrected chi connectivity index (χ2v) is 6.29. The number of aromatic hydroxyl groups is 1. The van der Waals surface area contributed by atoms with Crippen LogP contribution in [-0.4, -0.2) is 58.8 Å². The van der Waals surface area contributed by atoms with Crippen LogP contribution in [0.15, 0.2) is 27.2 Å². The molecular formula is C14H17BrN4O2. The van der Waals surface area contributed by atoms with Crippen molar-refractivity contribution in [2.45, 2.75) is 6.04 Å². The second-order valence-electron chi connectivity index (χ2n) is 5.38. The molecule has 0 spiro atoms. The summed E-state index contributed by atoms with van der Waals surface area (Å²) in [7, 11) is 4.14. The van der Waals surface area contributed by atoms with Gasteiger partial charge in [0.05, 0.1) is 11.6 Å². The van der Waals surface area contributed by atoms with Crippen LogP contribution in [0.3, 0.4) is 0 Å². The van der Waals surface area contributed by atoms with E-state index in [1.54, 1.807) is 18.2 Å². The fraction of sp³-hybridized carbons (Fsp3) is 0.429. The number of benzene rings is 1. The van der Waals surface area contributed by atoms with Crippen molar-refractivity contribution in [3.63, 3.8) is 0 Å². The van der Waals surface area contributed by atoms with E-state index in [4.69, 9.17) is 4.52 Å². The molecule has 1 aliphatic heterocycles. The van der Waals surface area contributed by atoms with Crippen molar-refractivity contribution in [2.24, 2.45) is 0 Å². The molecule has 6 nitrogen and oxygen atoms in total. The fourth-order valence-corrected chi connectivity index (χ4v) is 2.81. The van der Waals surface area contributed by atoms with Gasteiger partial charge in [-0.3, -0.25) is 4.90 Å². The molecule has 0 radical (unpaired) electrons. The summed E-state index contributed by atoms with van der Waals surface area (Å²) in [5.74, 6) is 1.12. The molecule has 3 rings (SSSR count). The van der Waals surface area contributed by atoms with Crippen LogP contribution in [-0.2, 0) is 0 Å². The average molecular weight is 353 g/mol. The molecule has 2 aromatic rings. The van der Waals surface area contributed by atoms with Gasteiger partial charge in [0, 0.05) is 24.1 Å². The molecule has 21 heavy (non-hydrogen) atoms. The standard InChI is InChI=1S/C14H17BrN4O2/c1-18-5-6-19(2)11(8-18)13-16-14(21-17-13)10-7-9(15)3-4-12(10)20/h3-4,7,11,20H,5-6,8H2,1-2H3. The minimum absolute atomic E-state index is 0.107. The Morgan fingerprint density at radius 1 is 1.33 bits per heavy atom. The Morgan fingerprint density at radius 3 is 2.95 bits per heavy atom. The van der Waals surface area contributed by atoms with E-state index < -0.39 is 0 Å². The number of halogens is 1. The highest BCUT2D eigenvalue weighted by Gasteiger charge is 2.28. The largest absolute Gasteiger partial charge is 0.507 e. The maximum absolute atomic E-state index is 9.93. The Morgan fingerprint density at radius 2 is 2.14 bits per heavy atom. The van der Waals surface area contributed by atoms with Gasteiger partial charge < -0.3 is 14.5 Å². The number of piperazine rings is 1. The van der Waals surface area contributed by atoms with Gasteiger partial charge in [0.15, 0.2) is 5.82 Å². The SMILES string of the molecule is CN1CCN(C)C(c2noc(-c3cc(Br)ccc3O)n2)C1. The zero-order chi connectivity index (χ0) is 15.0. The molecule has 1 aromatic carbocycles. The van der Waals surface area contributed by atoms with Crippen molar-refractivity contribution in [3.05, 3.63) is 28.5 Å². The van der Waals surface area contributed by atoms with E-state index in [9.17, 15) is 5.11 Å². The van der Waals surface area contributed by atoms with Gasteiger partial charge in [-0.25, -0.2) is 0 Å². The minimum atomic E-state index is 0.107. The lowest BCUT2D eigenvalue weighted by Gasteiger charge is -2.35. The molecular weight excluding hydrogens is 336 g/mol. The number of likely N-dealkylation sites (N-methyl/N-ethyl adjacent to an activating group) is 2. The summed E-state index contributed by atoms with van der Waals surface area (Å²) in [4.78, 5) is 8.93. The van der Waals surface area contributed by atoms with Gasteiger partial charge in [-0.1, -0.05) is 21.1 Å². The molecule has 0 amide bonds. The maximum Gasteiger partial charge on any atom is 0.261 e. The predicted molar refractivity (Wildman–Crippen MR) is 82.0 cm³/mol. The fourth-order valence-electron chi connectivity index (χ4n) is 2.45. The van der Waals surface area contributed by atoms with E-state index >= 15 is 0 Å². The Hall–Kier alpha value is -1.44. The van der Waals surface area contributed by atoms with E-state index in [0.29, 0.717) is 17.3 Å². The van der Waals surface area contributed by atoms with Crippen LogP contribution in [0.4, 0.5) is 0 Å². The van der Waals surface area contributed by atoms with E-state index in [2.05, 4.69) is 50.0 Å². The summed E-state index contributed by atoms with van der Waals surface area (Å²) in [5, 5.41) is 14.0. The molecule has 1 atom stereocenters. The highest BCUT2D eigenvalue weighted by molar-refractivity contribution is 9.10. The normalized spacial score (nSPS) is 20.8. The van der Waals surface area contributed by atoms with E-state index in [1.165, 1.54) is 0 Å². The molecule has 2 heterocycles. The first-order chi connectivity index (χ1) is 10.0. The zero-order valence-corrected chi connectivity index (χ0v) is 13.5. The van der Waals surface area contributed by atoms with Crippen LogP contribution in [0.2, 0.25) is 0 Å². The maximum atomic E-state index is 9.93. The zero-order valence-electron chi connectivity index (χ0n) is 12.0. The van der Waals surface area contributed by atoms with Gasteiger partial charge in [0.2, 0.25) is 0 Å². The predicted octanol–water partition coefficient (Wildman–Crippen LogP) is 2.12. The number of nitrogens with zero attached hydrogens (tertiary/aromatic N) is 4. The van der Waals surface area contributed by atoms with Crippen LogP contribution in [0, 0.1) is 0 Å². The van der Waals surface area contributed by atoms with Crippen LogP contribution < -0.4 is 0 Å². The van der Waals surface area contributed by atoms with Gasteiger partial charge in [-0.15, -0.1) is 0 Å². The first-order valence-corrected chi connectivity index (χ1v) is 7.55. The minimum Gasteiger partial charge on any atom is -0.507 e. The van der Waals surface area contributed by atoms with Crippen molar-refractivity contribution >= 4 is 15.9 Å².